The predicted octanol–water partition coefficient (Wildman–Crippen LogP) is 0.401. The molecular formula is C12H15BN2O3S. The molecular weight excluding hydrogens is 263 g/mol. The van der Waals surface area contributed by atoms with Crippen LogP contribution in [0.15, 0.2) is 35.5 Å². The summed E-state index contributed by atoms with van der Waals surface area (Å²) < 4.78 is 6.84. The molecule has 0 atom stereocenters. The highest BCUT2D eigenvalue weighted by molar-refractivity contribution is 7.98. The van der Waals surface area contributed by atoms with Gasteiger partial charge in [-0.2, -0.15) is 5.10 Å². The third kappa shape index (κ3) is 3.53. The third-order valence-corrected chi connectivity index (χ3v) is 3.68. The molecule has 1 heterocycles. The fraction of sp³-hybridized carbons (Fsp3) is 0.250. The summed E-state index contributed by atoms with van der Waals surface area (Å²) in [6, 6.07) is 5.40. The smallest absolute Gasteiger partial charge is 0.492 e. The molecule has 0 radical (unpaired) electrons. The maximum Gasteiger partial charge on any atom is 0.492 e. The lowest BCUT2D eigenvalue weighted by Gasteiger charge is -2.09. The monoisotopic (exact) mass is 278 g/mol. The Labute approximate surface area is 116 Å². The van der Waals surface area contributed by atoms with Gasteiger partial charge in [-0.3, -0.25) is 4.68 Å². The summed E-state index contributed by atoms with van der Waals surface area (Å²) in [6.45, 7) is 0. The second kappa shape index (κ2) is 6.14. The van der Waals surface area contributed by atoms with Gasteiger partial charge in [-0.05, 0) is 11.6 Å². The van der Waals surface area contributed by atoms with E-state index in [2.05, 4.69) is 5.10 Å². The van der Waals surface area contributed by atoms with Crippen molar-refractivity contribution in [3.63, 3.8) is 0 Å². The summed E-state index contributed by atoms with van der Waals surface area (Å²) in [5.41, 5.74) is 1.38. The summed E-state index contributed by atoms with van der Waals surface area (Å²) in [7, 11) is 1.85. The minimum absolute atomic E-state index is 0.381. The fourth-order valence-electron chi connectivity index (χ4n) is 1.72. The zero-order valence-corrected chi connectivity index (χ0v) is 11.6. The third-order valence-electron chi connectivity index (χ3n) is 2.66. The molecule has 5 nitrogen and oxygen atoms in total. The largest absolute Gasteiger partial charge is 0.497 e. The normalized spacial score (nSPS) is 10.5. The Hall–Kier alpha value is -1.44. The summed E-state index contributed by atoms with van der Waals surface area (Å²) in [5, 5.41) is 22.7. The lowest BCUT2D eigenvalue weighted by molar-refractivity contribution is 0.403. The molecule has 0 aliphatic rings. The first kappa shape index (κ1) is 14.0. The molecule has 0 unspecified atom stereocenters. The number of aryl methyl sites for hydroxylation is 1. The minimum Gasteiger partial charge on any atom is -0.497 e. The molecule has 7 heteroatoms. The Morgan fingerprint density at radius 3 is 2.79 bits per heavy atom. The van der Waals surface area contributed by atoms with Crippen molar-refractivity contribution in [2.75, 3.05) is 7.11 Å². The van der Waals surface area contributed by atoms with E-state index in [0.29, 0.717) is 11.2 Å². The molecule has 2 N–H and O–H groups in total. The molecule has 0 aliphatic heterocycles. The van der Waals surface area contributed by atoms with Gasteiger partial charge in [0, 0.05) is 29.4 Å². The number of hydrogen-bond acceptors (Lipinski definition) is 5. The molecule has 19 heavy (non-hydrogen) atoms. The Morgan fingerprint density at radius 2 is 2.21 bits per heavy atom. The fourth-order valence-corrected chi connectivity index (χ4v) is 2.58. The van der Waals surface area contributed by atoms with E-state index in [1.54, 1.807) is 34.8 Å². The van der Waals surface area contributed by atoms with Gasteiger partial charge < -0.3 is 14.8 Å². The summed E-state index contributed by atoms with van der Waals surface area (Å²) in [4.78, 5) is 1.07. The van der Waals surface area contributed by atoms with Crippen molar-refractivity contribution in [3.05, 3.63) is 36.2 Å². The van der Waals surface area contributed by atoms with E-state index in [4.69, 9.17) is 4.74 Å². The van der Waals surface area contributed by atoms with E-state index in [1.165, 1.54) is 7.11 Å². The SMILES string of the molecule is COc1ccc(CSc2cnn(C)c2)cc1B(O)O. The van der Waals surface area contributed by atoms with Gasteiger partial charge in [0.05, 0.1) is 13.3 Å². The average Bonchev–Trinajstić information content (AvgIpc) is 2.81. The second-order valence-electron chi connectivity index (χ2n) is 4.09. The predicted molar refractivity (Wildman–Crippen MR) is 75.6 cm³/mol. The number of aromatic nitrogens is 2. The quantitative estimate of drug-likeness (QED) is 0.612. The molecule has 0 saturated carbocycles. The number of nitrogens with zero attached hydrogens (tertiary/aromatic N) is 2. The van der Waals surface area contributed by atoms with Crippen LogP contribution in [0.5, 0.6) is 5.75 Å². The van der Waals surface area contributed by atoms with E-state index in [1.807, 2.05) is 19.3 Å². The van der Waals surface area contributed by atoms with Crippen LogP contribution in [0.1, 0.15) is 5.56 Å². The molecule has 1 aromatic heterocycles. The molecule has 1 aromatic carbocycles. The van der Waals surface area contributed by atoms with Gasteiger partial charge in [-0.25, -0.2) is 0 Å². The maximum atomic E-state index is 9.30. The summed E-state index contributed by atoms with van der Waals surface area (Å²) >= 11 is 1.64. The first-order valence-corrected chi connectivity index (χ1v) is 6.73. The first-order valence-electron chi connectivity index (χ1n) is 5.74. The highest BCUT2D eigenvalue weighted by atomic mass is 32.2. The number of rotatable bonds is 5. The standard InChI is InChI=1S/C12H15BN2O3S/c1-15-7-10(6-14-15)19-8-9-3-4-12(18-2)11(5-9)13(16)17/h3-7,16-17H,8H2,1-2H3. The molecule has 0 fully saturated rings. The molecule has 0 amide bonds. The van der Waals surface area contributed by atoms with E-state index in [-0.39, 0.29) is 0 Å². The zero-order valence-electron chi connectivity index (χ0n) is 10.8. The van der Waals surface area contributed by atoms with Gasteiger partial charge in [0.2, 0.25) is 0 Å². The van der Waals surface area contributed by atoms with Gasteiger partial charge in [0.25, 0.3) is 0 Å². The molecule has 0 saturated heterocycles. The van der Waals surface area contributed by atoms with Crippen LogP contribution >= 0.6 is 11.8 Å². The molecule has 0 aliphatic carbocycles. The number of thioether (sulfide) groups is 1. The van der Waals surface area contributed by atoms with Crippen molar-refractivity contribution < 1.29 is 14.8 Å². The van der Waals surface area contributed by atoms with E-state index in [0.717, 1.165) is 16.2 Å². The number of methoxy groups -OCH3 is 1. The molecule has 2 rings (SSSR count). The highest BCUT2D eigenvalue weighted by Gasteiger charge is 2.17. The van der Waals surface area contributed by atoms with E-state index >= 15 is 0 Å². The van der Waals surface area contributed by atoms with Crippen molar-refractivity contribution in [2.45, 2.75) is 10.6 Å². The van der Waals surface area contributed by atoms with Crippen molar-refractivity contribution in [3.8, 4) is 5.75 Å². The molecule has 100 valence electrons. The van der Waals surface area contributed by atoms with E-state index < -0.39 is 7.12 Å². The van der Waals surface area contributed by atoms with Crippen LogP contribution < -0.4 is 10.2 Å². The van der Waals surface area contributed by atoms with Gasteiger partial charge in [0.1, 0.15) is 5.75 Å². The van der Waals surface area contributed by atoms with Gasteiger partial charge in [0.15, 0.2) is 0 Å². The molecule has 0 bridgehead atoms. The van der Waals surface area contributed by atoms with Crippen molar-refractivity contribution >= 4 is 24.3 Å². The van der Waals surface area contributed by atoms with Gasteiger partial charge in [-0.15, -0.1) is 11.8 Å². The molecule has 0 spiro atoms. The van der Waals surface area contributed by atoms with Crippen LogP contribution in [-0.2, 0) is 12.8 Å². The zero-order chi connectivity index (χ0) is 13.8. The van der Waals surface area contributed by atoms with Crippen LogP contribution in [0.3, 0.4) is 0 Å². The summed E-state index contributed by atoms with van der Waals surface area (Å²) in [5.74, 6) is 1.21. The topological polar surface area (TPSA) is 67.5 Å². The Kier molecular flexibility index (Phi) is 4.52. The van der Waals surface area contributed by atoms with Crippen LogP contribution in [0.25, 0.3) is 0 Å². The maximum absolute atomic E-state index is 9.30. The lowest BCUT2D eigenvalue weighted by atomic mass is 9.79. The van der Waals surface area contributed by atoms with Crippen LogP contribution in [-0.4, -0.2) is 34.1 Å². The number of hydrogen-bond donors (Lipinski definition) is 2. The van der Waals surface area contributed by atoms with Crippen LogP contribution in [0.2, 0.25) is 0 Å². The van der Waals surface area contributed by atoms with Crippen LogP contribution in [0.4, 0.5) is 0 Å². The number of benzene rings is 1. The van der Waals surface area contributed by atoms with Crippen molar-refractivity contribution in [2.24, 2.45) is 7.05 Å². The highest BCUT2D eigenvalue weighted by Crippen LogP contribution is 2.22. The second-order valence-corrected chi connectivity index (χ2v) is 5.14. The average molecular weight is 278 g/mol. The Bertz CT molecular complexity index is 560. The van der Waals surface area contributed by atoms with Gasteiger partial charge >= 0.3 is 7.12 Å². The first-order chi connectivity index (χ1) is 9.10. The van der Waals surface area contributed by atoms with Crippen LogP contribution in [0, 0.1) is 0 Å². The lowest BCUT2D eigenvalue weighted by Crippen LogP contribution is -2.31. The Morgan fingerprint density at radius 1 is 1.42 bits per heavy atom. The molecule has 2 aromatic rings. The Balaban J connectivity index is 2.10. The van der Waals surface area contributed by atoms with Crippen molar-refractivity contribution in [1.29, 1.82) is 0 Å². The van der Waals surface area contributed by atoms with Gasteiger partial charge in [-0.1, -0.05) is 12.1 Å². The minimum atomic E-state index is -1.53. The van der Waals surface area contributed by atoms with E-state index in [9.17, 15) is 10.0 Å². The van der Waals surface area contributed by atoms with Crippen molar-refractivity contribution in [1.82, 2.24) is 9.78 Å². The summed E-state index contributed by atoms with van der Waals surface area (Å²) in [6.07, 6.45) is 3.74. The number of ether oxygens (including phenoxy) is 1.